The molecule has 2 atom stereocenters. The van der Waals surface area contributed by atoms with Gasteiger partial charge in [0.05, 0.1) is 0 Å². The normalized spacial score (nSPS) is 33.4. The summed E-state index contributed by atoms with van der Waals surface area (Å²) < 4.78 is 0. The number of anilines is 2. The van der Waals surface area contributed by atoms with E-state index in [0.29, 0.717) is 5.92 Å². The predicted molar refractivity (Wildman–Crippen MR) is 70.5 cm³/mol. The zero-order valence-electron chi connectivity index (χ0n) is 10.5. The first kappa shape index (κ1) is 10.6. The van der Waals surface area contributed by atoms with Gasteiger partial charge in [-0.1, -0.05) is 0 Å². The summed E-state index contributed by atoms with van der Waals surface area (Å²) in [6.45, 7) is 3.03. The van der Waals surface area contributed by atoms with Crippen LogP contribution in [0.2, 0.25) is 0 Å². The van der Waals surface area contributed by atoms with Gasteiger partial charge < -0.3 is 16.0 Å². The second-order valence-electron chi connectivity index (χ2n) is 6.10. The Morgan fingerprint density at radius 2 is 2.33 bits per heavy atom. The van der Waals surface area contributed by atoms with Crippen molar-refractivity contribution in [2.75, 3.05) is 29.9 Å². The molecule has 4 rings (SSSR count). The maximum Gasteiger partial charge on any atom is 0.134 e. The number of hydrogen-bond acceptors (Lipinski definition) is 5. The molecule has 5 heteroatoms. The van der Waals surface area contributed by atoms with Crippen molar-refractivity contribution in [1.29, 1.82) is 0 Å². The van der Waals surface area contributed by atoms with E-state index < -0.39 is 0 Å². The summed E-state index contributed by atoms with van der Waals surface area (Å²) in [6.07, 6.45) is 5.54. The molecule has 3 fully saturated rings. The minimum atomic E-state index is 0.0759. The van der Waals surface area contributed by atoms with Gasteiger partial charge in [0.1, 0.15) is 18.0 Å². The summed E-state index contributed by atoms with van der Waals surface area (Å²) in [5.41, 5.74) is 6.30. The van der Waals surface area contributed by atoms with E-state index >= 15 is 0 Å². The van der Waals surface area contributed by atoms with E-state index in [-0.39, 0.29) is 5.54 Å². The maximum absolute atomic E-state index is 6.22. The summed E-state index contributed by atoms with van der Waals surface area (Å²) in [7, 11) is 0. The van der Waals surface area contributed by atoms with Crippen molar-refractivity contribution in [3.8, 4) is 0 Å². The van der Waals surface area contributed by atoms with Crippen LogP contribution in [0.1, 0.15) is 19.3 Å². The molecule has 18 heavy (non-hydrogen) atoms. The smallest absolute Gasteiger partial charge is 0.134 e. The maximum atomic E-state index is 6.22. The SMILES string of the molecule is NC12CC1CN(c1cc(NCC3CC3)ncn1)C2. The lowest BCUT2D eigenvalue weighted by Crippen LogP contribution is -2.33. The third-order valence-corrected chi connectivity index (χ3v) is 4.45. The van der Waals surface area contributed by atoms with Gasteiger partial charge in [0.25, 0.3) is 0 Å². The minimum Gasteiger partial charge on any atom is -0.370 e. The van der Waals surface area contributed by atoms with Crippen molar-refractivity contribution >= 4 is 11.6 Å². The largest absolute Gasteiger partial charge is 0.370 e. The summed E-state index contributed by atoms with van der Waals surface area (Å²) in [5.74, 6) is 3.49. The highest BCUT2D eigenvalue weighted by molar-refractivity contribution is 5.51. The summed E-state index contributed by atoms with van der Waals surface area (Å²) in [5, 5.41) is 3.39. The van der Waals surface area contributed by atoms with Gasteiger partial charge in [0.15, 0.2) is 0 Å². The molecule has 5 nitrogen and oxygen atoms in total. The molecular formula is C13H19N5. The standard InChI is InChI=1S/C13H19N5/c14-13-4-10(13)6-18(7-13)12-3-11(16-8-17-12)15-5-9-1-2-9/h3,8-10H,1-2,4-7,14H2,(H,15,16,17). The molecule has 2 aliphatic carbocycles. The number of rotatable bonds is 4. The molecule has 3 aliphatic rings. The third-order valence-electron chi connectivity index (χ3n) is 4.45. The van der Waals surface area contributed by atoms with Crippen molar-refractivity contribution in [2.45, 2.75) is 24.8 Å². The lowest BCUT2D eigenvalue weighted by atomic mass is 10.3. The first-order chi connectivity index (χ1) is 8.73. The topological polar surface area (TPSA) is 67.1 Å². The molecule has 96 valence electrons. The average Bonchev–Trinajstić information content (AvgIpc) is 3.27. The molecule has 1 aromatic rings. The predicted octanol–water partition coefficient (Wildman–Crippen LogP) is 0.836. The molecule has 1 aliphatic heterocycles. The van der Waals surface area contributed by atoms with E-state index in [2.05, 4.69) is 26.3 Å². The number of nitrogens with one attached hydrogen (secondary N) is 1. The highest BCUT2D eigenvalue weighted by atomic mass is 15.3. The Hall–Kier alpha value is -1.36. The van der Waals surface area contributed by atoms with Gasteiger partial charge in [-0.2, -0.15) is 0 Å². The number of nitrogens with two attached hydrogens (primary N) is 1. The second-order valence-corrected chi connectivity index (χ2v) is 6.10. The number of fused-ring (bicyclic) bond motifs is 1. The molecule has 0 spiro atoms. The molecule has 0 radical (unpaired) electrons. The van der Waals surface area contributed by atoms with Crippen LogP contribution in [-0.2, 0) is 0 Å². The van der Waals surface area contributed by atoms with Crippen LogP contribution in [0, 0.1) is 11.8 Å². The fourth-order valence-electron chi connectivity index (χ4n) is 2.89. The minimum absolute atomic E-state index is 0.0759. The lowest BCUT2D eigenvalue weighted by molar-refractivity contribution is 0.696. The fraction of sp³-hybridized carbons (Fsp3) is 0.692. The van der Waals surface area contributed by atoms with Gasteiger partial charge >= 0.3 is 0 Å². The van der Waals surface area contributed by atoms with Crippen molar-refractivity contribution in [2.24, 2.45) is 17.6 Å². The summed E-state index contributed by atoms with van der Waals surface area (Å²) in [4.78, 5) is 10.9. The first-order valence-corrected chi connectivity index (χ1v) is 6.83. The number of aromatic nitrogens is 2. The second kappa shape index (κ2) is 3.57. The highest BCUT2D eigenvalue weighted by Gasteiger charge is 2.57. The molecular weight excluding hydrogens is 226 g/mol. The monoisotopic (exact) mass is 245 g/mol. The van der Waals surface area contributed by atoms with Crippen LogP contribution in [0.4, 0.5) is 11.6 Å². The van der Waals surface area contributed by atoms with E-state index in [1.165, 1.54) is 19.3 Å². The number of nitrogens with zero attached hydrogens (tertiary/aromatic N) is 3. The Balaban J connectivity index is 1.45. The zero-order valence-corrected chi connectivity index (χ0v) is 10.5. The van der Waals surface area contributed by atoms with Crippen LogP contribution >= 0.6 is 0 Å². The number of hydrogen-bond donors (Lipinski definition) is 2. The van der Waals surface area contributed by atoms with Crippen molar-refractivity contribution in [1.82, 2.24) is 9.97 Å². The fourth-order valence-corrected chi connectivity index (χ4v) is 2.89. The van der Waals surface area contributed by atoms with Crippen LogP contribution in [0.25, 0.3) is 0 Å². The zero-order chi connectivity index (χ0) is 12.2. The van der Waals surface area contributed by atoms with Crippen LogP contribution < -0.4 is 16.0 Å². The van der Waals surface area contributed by atoms with E-state index in [0.717, 1.165) is 37.2 Å². The average molecular weight is 245 g/mol. The van der Waals surface area contributed by atoms with Gasteiger partial charge in [0, 0.05) is 31.2 Å². The molecule has 0 amide bonds. The third kappa shape index (κ3) is 1.82. The van der Waals surface area contributed by atoms with E-state index in [9.17, 15) is 0 Å². The molecule has 2 heterocycles. The van der Waals surface area contributed by atoms with Crippen molar-refractivity contribution in [3.05, 3.63) is 12.4 Å². The molecule has 0 aromatic carbocycles. The van der Waals surface area contributed by atoms with E-state index in [1.54, 1.807) is 6.33 Å². The Bertz CT molecular complexity index is 472. The van der Waals surface area contributed by atoms with Crippen LogP contribution in [-0.4, -0.2) is 35.1 Å². The Labute approximate surface area is 107 Å². The Morgan fingerprint density at radius 1 is 1.44 bits per heavy atom. The Kier molecular flexibility index (Phi) is 2.09. The molecule has 1 saturated heterocycles. The molecule has 3 N–H and O–H groups in total. The van der Waals surface area contributed by atoms with Crippen molar-refractivity contribution in [3.63, 3.8) is 0 Å². The Morgan fingerprint density at radius 3 is 3.06 bits per heavy atom. The van der Waals surface area contributed by atoms with Gasteiger partial charge in [-0.15, -0.1) is 0 Å². The molecule has 2 unspecified atom stereocenters. The van der Waals surface area contributed by atoms with E-state index in [1.807, 2.05) is 0 Å². The first-order valence-electron chi connectivity index (χ1n) is 6.83. The molecule has 2 saturated carbocycles. The van der Waals surface area contributed by atoms with Crippen molar-refractivity contribution < 1.29 is 0 Å². The van der Waals surface area contributed by atoms with Gasteiger partial charge in [0.2, 0.25) is 0 Å². The molecule has 0 bridgehead atoms. The van der Waals surface area contributed by atoms with Gasteiger partial charge in [-0.3, -0.25) is 0 Å². The highest BCUT2D eigenvalue weighted by Crippen LogP contribution is 2.48. The van der Waals surface area contributed by atoms with Crippen LogP contribution in [0.5, 0.6) is 0 Å². The van der Waals surface area contributed by atoms with Gasteiger partial charge in [-0.05, 0) is 31.1 Å². The summed E-state index contributed by atoms with van der Waals surface area (Å²) in [6, 6.07) is 2.05. The van der Waals surface area contributed by atoms with Crippen LogP contribution in [0.15, 0.2) is 12.4 Å². The summed E-state index contributed by atoms with van der Waals surface area (Å²) >= 11 is 0. The quantitative estimate of drug-likeness (QED) is 0.822. The van der Waals surface area contributed by atoms with Gasteiger partial charge in [-0.25, -0.2) is 9.97 Å². The molecule has 1 aromatic heterocycles. The van der Waals surface area contributed by atoms with Crippen LogP contribution in [0.3, 0.4) is 0 Å². The van der Waals surface area contributed by atoms with E-state index in [4.69, 9.17) is 5.73 Å². The number of piperidine rings is 1. The lowest BCUT2D eigenvalue weighted by Gasteiger charge is -2.20.